The van der Waals surface area contributed by atoms with Crippen molar-refractivity contribution in [2.75, 3.05) is 11.4 Å². The van der Waals surface area contributed by atoms with Crippen LogP contribution in [0.1, 0.15) is 18.9 Å². The molecule has 114 valence electrons. The van der Waals surface area contributed by atoms with E-state index in [9.17, 15) is 9.59 Å². The van der Waals surface area contributed by atoms with Gasteiger partial charge in [-0.1, -0.05) is 46.9 Å². The van der Waals surface area contributed by atoms with Gasteiger partial charge in [0.2, 0.25) is 11.0 Å². The number of rotatable bonds is 3. The largest absolute Gasteiger partial charge is 0.288 e. The van der Waals surface area contributed by atoms with Gasteiger partial charge in [-0.05, 0) is 13.0 Å². The molecule has 1 aromatic heterocycles. The number of carbonyl (C=O) groups excluding carboxylic acids is 2. The molecule has 0 aliphatic carbocycles. The highest BCUT2D eigenvalue weighted by Crippen LogP contribution is 2.33. The van der Waals surface area contributed by atoms with E-state index in [4.69, 9.17) is 0 Å². The maximum atomic E-state index is 12.1. The Morgan fingerprint density at radius 3 is 2.95 bits per heavy atom. The molecule has 1 amide bonds. The zero-order valence-corrected chi connectivity index (χ0v) is 13.9. The maximum Gasteiger partial charge on any atom is 0.230 e. The van der Waals surface area contributed by atoms with Gasteiger partial charge in [-0.3, -0.25) is 14.5 Å². The summed E-state index contributed by atoms with van der Waals surface area (Å²) in [4.78, 5) is 24.9. The first-order chi connectivity index (χ1) is 10.5. The summed E-state index contributed by atoms with van der Waals surface area (Å²) in [6, 6.07) is 8.04. The molecule has 1 aliphatic rings. The minimum absolute atomic E-state index is 0.00527. The van der Waals surface area contributed by atoms with Crippen LogP contribution in [0, 0.1) is 6.92 Å². The summed E-state index contributed by atoms with van der Waals surface area (Å²) < 4.78 is 0. The molecule has 5 nitrogen and oxygen atoms in total. The van der Waals surface area contributed by atoms with Gasteiger partial charge in [0.05, 0.1) is 0 Å². The minimum atomic E-state index is 0.00527. The van der Waals surface area contributed by atoms with E-state index in [1.165, 1.54) is 30.0 Å². The highest BCUT2D eigenvalue weighted by molar-refractivity contribution is 8.14. The molecule has 1 aliphatic heterocycles. The number of hydrogen-bond donors (Lipinski definition) is 0. The van der Waals surface area contributed by atoms with Crippen LogP contribution in [-0.2, 0) is 9.59 Å². The van der Waals surface area contributed by atoms with Crippen LogP contribution in [0.25, 0.3) is 10.6 Å². The summed E-state index contributed by atoms with van der Waals surface area (Å²) in [5.41, 5.74) is 2.16. The molecule has 0 radical (unpaired) electrons. The number of benzene rings is 1. The van der Waals surface area contributed by atoms with E-state index in [-0.39, 0.29) is 16.3 Å². The molecule has 1 aromatic carbocycles. The Labute approximate surface area is 136 Å². The van der Waals surface area contributed by atoms with E-state index in [2.05, 4.69) is 10.2 Å². The highest BCUT2D eigenvalue weighted by Gasteiger charge is 2.33. The first kappa shape index (κ1) is 15.2. The lowest BCUT2D eigenvalue weighted by Gasteiger charge is -2.11. The fourth-order valence-electron chi connectivity index (χ4n) is 2.39. The number of thioether (sulfide) groups is 1. The average Bonchev–Trinajstić information content (AvgIpc) is 3.05. The van der Waals surface area contributed by atoms with Gasteiger partial charge in [0, 0.05) is 30.7 Å². The van der Waals surface area contributed by atoms with Gasteiger partial charge >= 0.3 is 0 Å². The molecule has 0 bridgehead atoms. The zero-order chi connectivity index (χ0) is 15.7. The van der Waals surface area contributed by atoms with Crippen LogP contribution in [0.15, 0.2) is 24.3 Å². The normalized spacial score (nSPS) is 18.0. The van der Waals surface area contributed by atoms with E-state index < -0.39 is 0 Å². The van der Waals surface area contributed by atoms with E-state index in [0.29, 0.717) is 18.1 Å². The Morgan fingerprint density at radius 2 is 2.23 bits per heavy atom. The molecule has 0 N–H and O–H groups in total. The van der Waals surface area contributed by atoms with Crippen LogP contribution in [0.5, 0.6) is 0 Å². The summed E-state index contributed by atoms with van der Waals surface area (Å²) in [7, 11) is 0. The summed E-state index contributed by atoms with van der Waals surface area (Å²) >= 11 is 2.63. The highest BCUT2D eigenvalue weighted by atomic mass is 32.2. The number of amides is 1. The second-order valence-electron chi connectivity index (χ2n) is 5.20. The van der Waals surface area contributed by atoms with Crippen LogP contribution in [0.4, 0.5) is 5.13 Å². The molecule has 0 spiro atoms. The van der Waals surface area contributed by atoms with E-state index in [0.717, 1.165) is 16.1 Å². The number of anilines is 1. The minimum Gasteiger partial charge on any atom is -0.288 e. The van der Waals surface area contributed by atoms with Gasteiger partial charge in [-0.15, -0.1) is 10.2 Å². The molecular weight excluding hydrogens is 318 g/mol. The average molecular weight is 333 g/mol. The second-order valence-corrected chi connectivity index (χ2v) is 7.63. The Bertz CT molecular complexity index is 729. The van der Waals surface area contributed by atoms with E-state index in [1.54, 1.807) is 4.90 Å². The van der Waals surface area contributed by atoms with Crippen LogP contribution in [-0.4, -0.2) is 33.0 Å². The topological polar surface area (TPSA) is 63.2 Å². The molecule has 1 atom stereocenters. The van der Waals surface area contributed by atoms with Crippen molar-refractivity contribution < 1.29 is 9.59 Å². The fraction of sp³-hybridized carbons (Fsp3) is 0.333. The third kappa shape index (κ3) is 3.20. The van der Waals surface area contributed by atoms with Crippen molar-refractivity contribution in [3.8, 4) is 10.6 Å². The van der Waals surface area contributed by atoms with Gasteiger partial charge in [-0.2, -0.15) is 0 Å². The molecule has 2 aromatic rings. The van der Waals surface area contributed by atoms with Crippen molar-refractivity contribution in [1.29, 1.82) is 0 Å². The molecule has 1 fully saturated rings. The zero-order valence-electron chi connectivity index (χ0n) is 12.3. The number of aromatic nitrogens is 2. The van der Waals surface area contributed by atoms with Crippen LogP contribution >= 0.6 is 23.1 Å². The van der Waals surface area contributed by atoms with Gasteiger partial charge in [0.1, 0.15) is 5.01 Å². The van der Waals surface area contributed by atoms with E-state index in [1.807, 2.05) is 31.2 Å². The molecule has 3 rings (SSSR count). The van der Waals surface area contributed by atoms with Crippen molar-refractivity contribution in [2.45, 2.75) is 25.5 Å². The smallest absolute Gasteiger partial charge is 0.230 e. The molecule has 1 saturated heterocycles. The molecule has 7 heteroatoms. The second kappa shape index (κ2) is 6.18. The Hall–Kier alpha value is -1.73. The van der Waals surface area contributed by atoms with Crippen molar-refractivity contribution in [3.63, 3.8) is 0 Å². The van der Waals surface area contributed by atoms with Gasteiger partial charge in [-0.25, -0.2) is 0 Å². The lowest BCUT2D eigenvalue weighted by Crippen LogP contribution is -2.24. The molecule has 22 heavy (non-hydrogen) atoms. The number of aryl methyl sites for hydroxylation is 1. The number of nitrogens with zero attached hydrogens (tertiary/aromatic N) is 3. The summed E-state index contributed by atoms with van der Waals surface area (Å²) in [6.45, 7) is 4.07. The van der Waals surface area contributed by atoms with Gasteiger partial charge < -0.3 is 0 Å². The monoisotopic (exact) mass is 333 g/mol. The Kier molecular flexibility index (Phi) is 4.26. The molecule has 2 heterocycles. The van der Waals surface area contributed by atoms with Crippen molar-refractivity contribution in [2.24, 2.45) is 0 Å². The molecule has 0 saturated carbocycles. The van der Waals surface area contributed by atoms with Crippen molar-refractivity contribution in [3.05, 3.63) is 29.8 Å². The third-order valence-corrected chi connectivity index (χ3v) is 5.31. The first-order valence-electron chi connectivity index (χ1n) is 6.91. The molecular formula is C15H15N3O2S2. The predicted molar refractivity (Wildman–Crippen MR) is 89.1 cm³/mol. The van der Waals surface area contributed by atoms with Gasteiger partial charge in [0.25, 0.3) is 0 Å². The number of carbonyl (C=O) groups is 2. The van der Waals surface area contributed by atoms with Gasteiger partial charge in [0.15, 0.2) is 5.12 Å². The summed E-state index contributed by atoms with van der Waals surface area (Å²) in [5, 5.41) is 9.80. The lowest BCUT2D eigenvalue weighted by atomic mass is 10.1. The van der Waals surface area contributed by atoms with Crippen LogP contribution in [0.2, 0.25) is 0 Å². The van der Waals surface area contributed by atoms with Crippen LogP contribution < -0.4 is 4.90 Å². The quantitative estimate of drug-likeness (QED) is 0.864. The Morgan fingerprint density at radius 1 is 1.41 bits per heavy atom. The van der Waals surface area contributed by atoms with Crippen LogP contribution in [0.3, 0.4) is 0 Å². The predicted octanol–water partition coefficient (Wildman–Crippen LogP) is 2.90. The van der Waals surface area contributed by atoms with Crippen molar-refractivity contribution >= 4 is 39.3 Å². The lowest BCUT2D eigenvalue weighted by molar-refractivity contribution is -0.117. The SMILES string of the molecule is CC(=O)SC1CC(=O)N(c2nnc(-c3cccc(C)c3)s2)C1. The standard InChI is InChI=1S/C15H15N3O2S2/c1-9-4-3-5-11(6-9)14-16-17-15(22-14)18-8-12(7-13(18)20)21-10(2)19/h3-6,12H,7-8H2,1-2H3. The number of hydrogen-bond acceptors (Lipinski definition) is 6. The fourth-order valence-corrected chi connectivity index (χ4v) is 4.18. The maximum absolute atomic E-state index is 12.1. The molecule has 1 unspecified atom stereocenters. The first-order valence-corrected chi connectivity index (χ1v) is 8.60. The summed E-state index contributed by atoms with van der Waals surface area (Å²) in [6.07, 6.45) is 0.379. The summed E-state index contributed by atoms with van der Waals surface area (Å²) in [5.74, 6) is 0.00527. The Balaban J connectivity index is 1.79. The van der Waals surface area contributed by atoms with E-state index >= 15 is 0 Å². The van der Waals surface area contributed by atoms with Crippen molar-refractivity contribution in [1.82, 2.24) is 10.2 Å². The third-order valence-electron chi connectivity index (χ3n) is 3.33.